The van der Waals surface area contributed by atoms with E-state index in [1.54, 1.807) is 26.8 Å². The lowest BCUT2D eigenvalue weighted by Crippen LogP contribution is -2.54. The first-order valence-corrected chi connectivity index (χ1v) is 12.3. The average molecular weight is 516 g/mol. The molecule has 196 valence electrons. The number of carbonyl (C=O) groups is 3. The van der Waals surface area contributed by atoms with Gasteiger partial charge < -0.3 is 20.3 Å². The number of nitrogens with one attached hydrogen (secondary N) is 2. The van der Waals surface area contributed by atoms with Crippen LogP contribution in [0.25, 0.3) is 0 Å². The van der Waals surface area contributed by atoms with E-state index in [9.17, 15) is 14.4 Å². The van der Waals surface area contributed by atoms with Crippen LogP contribution >= 0.6 is 11.6 Å². The Kier molecular flexibility index (Phi) is 9.18. The first-order chi connectivity index (χ1) is 16.5. The number of anilines is 1. The van der Waals surface area contributed by atoms with Crippen LogP contribution in [0.4, 0.5) is 10.5 Å². The summed E-state index contributed by atoms with van der Waals surface area (Å²) in [6, 6.07) is 10.1. The Morgan fingerprint density at radius 3 is 2.08 bits per heavy atom. The molecule has 3 amide bonds. The molecule has 0 spiro atoms. The highest BCUT2D eigenvalue weighted by atomic mass is 35.5. The van der Waals surface area contributed by atoms with E-state index in [1.807, 2.05) is 71.9 Å². The molecule has 0 aliphatic rings. The van der Waals surface area contributed by atoms with Crippen LogP contribution in [0.5, 0.6) is 0 Å². The zero-order valence-electron chi connectivity index (χ0n) is 22.7. The van der Waals surface area contributed by atoms with Crippen LogP contribution in [-0.2, 0) is 14.3 Å². The molecular weight excluding hydrogens is 478 g/mol. The topological polar surface area (TPSA) is 87.7 Å². The SMILES string of the molecule is Cc1cccc(C(C(=O)Nc2c(C)cccc2Cl)N(C(=O)CNC(=O)OC(C)(C)C)C(C)(C)C)c1C. The van der Waals surface area contributed by atoms with Gasteiger partial charge in [0.1, 0.15) is 18.2 Å². The Hall–Kier alpha value is -3.06. The number of amides is 3. The van der Waals surface area contributed by atoms with E-state index < -0.39 is 35.1 Å². The van der Waals surface area contributed by atoms with Gasteiger partial charge in [-0.15, -0.1) is 0 Å². The number of benzene rings is 2. The van der Waals surface area contributed by atoms with Crippen molar-refractivity contribution in [3.05, 3.63) is 63.7 Å². The quantitative estimate of drug-likeness (QED) is 0.486. The van der Waals surface area contributed by atoms with Crippen molar-refractivity contribution in [2.45, 2.75) is 79.5 Å². The largest absolute Gasteiger partial charge is 0.444 e. The Labute approximate surface area is 219 Å². The van der Waals surface area contributed by atoms with Gasteiger partial charge >= 0.3 is 6.09 Å². The van der Waals surface area contributed by atoms with E-state index in [4.69, 9.17) is 16.3 Å². The molecule has 0 aromatic heterocycles. The first-order valence-electron chi connectivity index (χ1n) is 11.9. The fourth-order valence-corrected chi connectivity index (χ4v) is 4.17. The second-order valence-corrected chi connectivity index (χ2v) is 11.3. The smallest absolute Gasteiger partial charge is 0.408 e. The molecule has 2 rings (SSSR count). The Bertz CT molecular complexity index is 1110. The molecule has 2 aromatic rings. The van der Waals surface area contributed by atoms with Crippen LogP contribution in [0.15, 0.2) is 36.4 Å². The maximum atomic E-state index is 13.9. The molecule has 2 aromatic carbocycles. The molecule has 0 heterocycles. The van der Waals surface area contributed by atoms with Crippen molar-refractivity contribution in [2.24, 2.45) is 0 Å². The third-order valence-corrected chi connectivity index (χ3v) is 6.01. The van der Waals surface area contributed by atoms with Gasteiger partial charge in [-0.2, -0.15) is 0 Å². The predicted molar refractivity (Wildman–Crippen MR) is 144 cm³/mol. The number of ether oxygens (including phenoxy) is 1. The van der Waals surface area contributed by atoms with Crippen molar-refractivity contribution in [1.82, 2.24) is 10.2 Å². The second kappa shape index (κ2) is 11.3. The Morgan fingerprint density at radius 1 is 0.944 bits per heavy atom. The minimum absolute atomic E-state index is 0.327. The summed E-state index contributed by atoms with van der Waals surface area (Å²) < 4.78 is 5.27. The number of para-hydroxylation sites is 1. The third-order valence-electron chi connectivity index (χ3n) is 5.69. The fourth-order valence-electron chi connectivity index (χ4n) is 3.90. The van der Waals surface area contributed by atoms with E-state index in [0.717, 1.165) is 16.7 Å². The summed E-state index contributed by atoms with van der Waals surface area (Å²) in [5.41, 5.74) is 2.41. The van der Waals surface area contributed by atoms with Crippen LogP contribution in [0, 0.1) is 20.8 Å². The summed E-state index contributed by atoms with van der Waals surface area (Å²) in [5, 5.41) is 5.88. The molecule has 0 aliphatic carbocycles. The van der Waals surface area contributed by atoms with Gasteiger partial charge in [-0.05, 0) is 90.6 Å². The number of rotatable bonds is 6. The van der Waals surface area contributed by atoms with Crippen molar-refractivity contribution >= 4 is 35.2 Å². The molecule has 0 fully saturated rings. The van der Waals surface area contributed by atoms with Gasteiger partial charge in [-0.3, -0.25) is 9.59 Å². The maximum absolute atomic E-state index is 13.9. The number of halogens is 1. The summed E-state index contributed by atoms with van der Waals surface area (Å²) in [7, 11) is 0. The first kappa shape index (κ1) is 29.2. The zero-order valence-corrected chi connectivity index (χ0v) is 23.5. The van der Waals surface area contributed by atoms with Gasteiger partial charge in [0.05, 0.1) is 10.7 Å². The van der Waals surface area contributed by atoms with E-state index in [1.165, 1.54) is 4.90 Å². The summed E-state index contributed by atoms with van der Waals surface area (Å²) in [5.74, 6) is -0.828. The predicted octanol–water partition coefficient (Wildman–Crippen LogP) is 6.10. The number of carbonyl (C=O) groups excluding carboxylic acids is 3. The zero-order chi connectivity index (χ0) is 27.4. The van der Waals surface area contributed by atoms with Crippen LogP contribution in [0.2, 0.25) is 5.02 Å². The van der Waals surface area contributed by atoms with E-state index in [-0.39, 0.29) is 6.54 Å². The van der Waals surface area contributed by atoms with Gasteiger partial charge in [-0.1, -0.05) is 41.9 Å². The van der Waals surface area contributed by atoms with E-state index in [0.29, 0.717) is 16.3 Å². The lowest BCUT2D eigenvalue weighted by molar-refractivity contribution is -0.144. The molecule has 7 nitrogen and oxygen atoms in total. The van der Waals surface area contributed by atoms with Crippen LogP contribution in [-0.4, -0.2) is 40.5 Å². The minimum Gasteiger partial charge on any atom is -0.444 e. The number of aryl methyl sites for hydroxylation is 2. The van der Waals surface area contributed by atoms with Crippen LogP contribution in [0.3, 0.4) is 0 Å². The number of hydrogen-bond acceptors (Lipinski definition) is 4. The monoisotopic (exact) mass is 515 g/mol. The maximum Gasteiger partial charge on any atom is 0.408 e. The highest BCUT2D eigenvalue weighted by Crippen LogP contribution is 2.34. The molecule has 0 saturated carbocycles. The second-order valence-electron chi connectivity index (χ2n) is 10.9. The summed E-state index contributed by atoms with van der Waals surface area (Å²) in [6.45, 7) is 16.2. The molecule has 0 radical (unpaired) electrons. The average Bonchev–Trinajstić information content (AvgIpc) is 2.73. The molecule has 1 unspecified atom stereocenters. The van der Waals surface area contributed by atoms with E-state index >= 15 is 0 Å². The van der Waals surface area contributed by atoms with Gasteiger partial charge in [-0.25, -0.2) is 4.79 Å². The molecule has 8 heteroatoms. The van der Waals surface area contributed by atoms with Crippen molar-refractivity contribution in [1.29, 1.82) is 0 Å². The Morgan fingerprint density at radius 2 is 1.53 bits per heavy atom. The van der Waals surface area contributed by atoms with Crippen molar-refractivity contribution in [2.75, 3.05) is 11.9 Å². The molecule has 2 N–H and O–H groups in total. The lowest BCUT2D eigenvalue weighted by Gasteiger charge is -2.42. The summed E-state index contributed by atoms with van der Waals surface area (Å²) in [6.07, 6.45) is -0.705. The van der Waals surface area contributed by atoms with Gasteiger partial charge in [0.15, 0.2) is 0 Å². The fraction of sp³-hybridized carbons (Fsp3) is 0.464. The molecule has 1 atom stereocenters. The minimum atomic E-state index is -0.978. The van der Waals surface area contributed by atoms with Crippen molar-refractivity contribution < 1.29 is 19.1 Å². The van der Waals surface area contributed by atoms with E-state index in [2.05, 4.69) is 10.6 Å². The molecule has 0 bridgehead atoms. The summed E-state index contributed by atoms with van der Waals surface area (Å²) in [4.78, 5) is 41.3. The number of alkyl carbamates (subject to hydrolysis) is 1. The third kappa shape index (κ3) is 7.47. The summed E-state index contributed by atoms with van der Waals surface area (Å²) >= 11 is 6.39. The highest BCUT2D eigenvalue weighted by molar-refractivity contribution is 6.34. The number of nitrogens with zero attached hydrogens (tertiary/aromatic N) is 1. The lowest BCUT2D eigenvalue weighted by atomic mass is 9.92. The van der Waals surface area contributed by atoms with Crippen molar-refractivity contribution in [3.8, 4) is 0 Å². The van der Waals surface area contributed by atoms with Crippen molar-refractivity contribution in [3.63, 3.8) is 0 Å². The molecular formula is C28H38ClN3O4. The number of hydrogen-bond donors (Lipinski definition) is 2. The van der Waals surface area contributed by atoms with Crippen LogP contribution in [0.1, 0.15) is 69.8 Å². The molecule has 36 heavy (non-hydrogen) atoms. The highest BCUT2D eigenvalue weighted by Gasteiger charge is 2.39. The van der Waals surface area contributed by atoms with Gasteiger partial charge in [0.25, 0.3) is 5.91 Å². The Balaban J connectivity index is 2.53. The van der Waals surface area contributed by atoms with Gasteiger partial charge in [0, 0.05) is 5.54 Å². The molecule has 0 aliphatic heterocycles. The molecule has 0 saturated heterocycles. The van der Waals surface area contributed by atoms with Crippen LogP contribution < -0.4 is 10.6 Å². The standard InChI is InChI=1S/C28H38ClN3O4/c1-17-12-10-14-20(19(17)3)24(25(34)31-23-18(2)13-11-15-21(23)29)32(27(4,5)6)22(33)16-30-26(35)36-28(7,8)9/h10-15,24H,16H2,1-9H3,(H,30,35)(H,31,34). The normalized spacial score (nSPS) is 12.5. The van der Waals surface area contributed by atoms with Gasteiger partial charge in [0.2, 0.25) is 5.91 Å².